The minimum absolute atomic E-state index is 0.00992. The minimum Gasteiger partial charge on any atom is -0.461 e. The third-order valence-corrected chi connectivity index (χ3v) is 16.5. The molecule has 76 heavy (non-hydrogen) atoms. The van der Waals surface area contributed by atoms with Gasteiger partial charge in [-0.25, -0.2) is 13.6 Å². The van der Waals surface area contributed by atoms with Gasteiger partial charge in [-0.3, -0.25) is 44.2 Å². The van der Waals surface area contributed by atoms with Crippen LogP contribution in [0.1, 0.15) is 77.6 Å². The van der Waals surface area contributed by atoms with Gasteiger partial charge in [-0.15, -0.1) is 6.42 Å². The van der Waals surface area contributed by atoms with Crippen molar-refractivity contribution in [1.82, 2.24) is 45.2 Å². The number of fused-ring (bicyclic) bond motifs is 6. The molecule has 18 nitrogen and oxygen atoms in total. The Balaban J connectivity index is 0.672. The van der Waals surface area contributed by atoms with E-state index in [9.17, 15) is 24.0 Å². The number of ether oxygens (including phenoxy) is 2. The van der Waals surface area contributed by atoms with Crippen molar-refractivity contribution in [1.29, 1.82) is 0 Å². The van der Waals surface area contributed by atoms with Crippen LogP contribution in [0.5, 0.6) is 6.01 Å². The lowest BCUT2D eigenvalue weighted by Crippen LogP contribution is -2.54. The molecule has 7 aliphatic heterocycles. The summed E-state index contributed by atoms with van der Waals surface area (Å²) in [7, 11) is 0. The van der Waals surface area contributed by atoms with Gasteiger partial charge < -0.3 is 29.9 Å². The number of benzene rings is 3. The van der Waals surface area contributed by atoms with Gasteiger partial charge in [0.05, 0.1) is 27.6 Å². The molecule has 5 aromatic rings. The monoisotopic (exact) mass is 1030 g/mol. The van der Waals surface area contributed by atoms with Crippen molar-refractivity contribution in [3.8, 4) is 29.6 Å². The fourth-order valence-electron chi connectivity index (χ4n) is 12.7. The molecule has 9 heterocycles. The zero-order chi connectivity index (χ0) is 52.4. The normalized spacial score (nSPS) is 24.6. The molecular formula is C56H57F2N11O7. The molecule has 0 aliphatic carbocycles. The Morgan fingerprint density at radius 3 is 2.53 bits per heavy atom. The summed E-state index contributed by atoms with van der Waals surface area (Å²) >= 11 is 0. The first-order valence-electron chi connectivity index (χ1n) is 26.2. The van der Waals surface area contributed by atoms with Crippen LogP contribution >= 0.6 is 0 Å². The zero-order valence-electron chi connectivity index (χ0n) is 41.9. The van der Waals surface area contributed by atoms with E-state index in [1.54, 1.807) is 53.6 Å². The quantitative estimate of drug-likeness (QED) is 0.0599. The molecule has 392 valence electrons. The summed E-state index contributed by atoms with van der Waals surface area (Å²) < 4.78 is 44.9. The van der Waals surface area contributed by atoms with Crippen molar-refractivity contribution in [3.63, 3.8) is 0 Å². The number of halogens is 2. The third kappa shape index (κ3) is 8.82. The molecule has 0 spiro atoms. The van der Waals surface area contributed by atoms with Crippen LogP contribution in [0.25, 0.3) is 32.9 Å². The van der Waals surface area contributed by atoms with Gasteiger partial charge in [0.25, 0.3) is 11.8 Å². The molecule has 3 unspecified atom stereocenters. The smallest absolute Gasteiger partial charge is 0.409 e. The average Bonchev–Trinajstić information content (AvgIpc) is 4.14. The van der Waals surface area contributed by atoms with E-state index in [1.807, 2.05) is 0 Å². The number of amides is 5. The first-order valence-corrected chi connectivity index (χ1v) is 26.2. The van der Waals surface area contributed by atoms with Gasteiger partial charge in [0, 0.05) is 99.7 Å². The maximum atomic E-state index is 17.2. The molecule has 5 amide bonds. The largest absolute Gasteiger partial charge is 0.461 e. The van der Waals surface area contributed by atoms with E-state index >= 15 is 8.78 Å². The summed E-state index contributed by atoms with van der Waals surface area (Å²) in [6.07, 6.45) is 12.1. The molecule has 2 aromatic heterocycles. The number of piperidine rings is 1. The van der Waals surface area contributed by atoms with Gasteiger partial charge in [0.1, 0.15) is 42.1 Å². The van der Waals surface area contributed by atoms with Crippen molar-refractivity contribution >= 4 is 62.9 Å². The SMILES string of the molecule is C#Cc1c(F)ccc2cccc(-c3ncc4c(N5CC6CCC(C5)N6)nc(OC[C@@]56CC[C@@H](COC(=O)N7CCN(CCCNc8cccc9c8C(=O)N(C8CCC(=O)NC8=O)C9=O)CC7)N5CC(=C)C6)nc4c3F)c12. The molecule has 0 radical (unpaired) electrons. The van der Waals surface area contributed by atoms with Crippen LogP contribution in [0.3, 0.4) is 0 Å². The Morgan fingerprint density at radius 1 is 0.947 bits per heavy atom. The molecule has 7 aliphatic rings. The summed E-state index contributed by atoms with van der Waals surface area (Å²) in [6, 6.07) is 12.6. The standard InChI is InChI=1S/C56H57F2N11O7/c1-3-37-41(57)14-11-33-7-4-8-38(45(33)37)48-47(58)49-40(26-60-48)50(67-28-34-12-13-35(29-67)61-34)64-54(63-49)76-31-56-18-17-36(68(56)27-32(2)25-56)30-75-55(74)66-23-21-65(22-24-66)20-6-19-59-42-10-5-9-39-46(42)53(73)69(52(39)72)43-15-16-44(70)62-51(43)71/h1,4-5,7-11,14,26,34-36,43,59,61H,2,6,12-13,15-25,27-31H2,(H,62,70,71)/t34?,35?,36-,43?,56-/m0/s1. The number of hydrogen-bond acceptors (Lipinski definition) is 15. The molecule has 6 saturated heterocycles. The Bertz CT molecular complexity index is 3290. The van der Waals surface area contributed by atoms with Crippen LogP contribution in [0, 0.1) is 24.0 Å². The highest BCUT2D eigenvalue weighted by molar-refractivity contribution is 6.25. The maximum Gasteiger partial charge on any atom is 0.409 e. The van der Waals surface area contributed by atoms with Gasteiger partial charge in [-0.1, -0.05) is 48.4 Å². The van der Waals surface area contributed by atoms with Crippen LogP contribution in [0.15, 0.2) is 66.9 Å². The van der Waals surface area contributed by atoms with Crippen molar-refractivity contribution in [2.45, 2.75) is 81.1 Å². The Labute approximate surface area is 437 Å². The Hall–Kier alpha value is -7.60. The second-order valence-corrected chi connectivity index (χ2v) is 21.1. The fourth-order valence-corrected chi connectivity index (χ4v) is 12.7. The van der Waals surface area contributed by atoms with E-state index in [-0.39, 0.29) is 84.2 Å². The van der Waals surface area contributed by atoms with Gasteiger partial charge in [0.15, 0.2) is 5.82 Å². The summed E-state index contributed by atoms with van der Waals surface area (Å²) in [5.41, 5.74) is 1.94. The first-order chi connectivity index (χ1) is 36.9. The number of piperazine rings is 2. The van der Waals surface area contributed by atoms with Crippen molar-refractivity contribution < 1.29 is 42.2 Å². The first kappa shape index (κ1) is 49.3. The van der Waals surface area contributed by atoms with E-state index < -0.39 is 46.8 Å². The Morgan fingerprint density at radius 2 is 1.74 bits per heavy atom. The van der Waals surface area contributed by atoms with Crippen LogP contribution in [-0.4, -0.2) is 166 Å². The third-order valence-electron chi connectivity index (χ3n) is 16.5. The molecule has 3 aromatic carbocycles. The zero-order valence-corrected chi connectivity index (χ0v) is 41.9. The van der Waals surface area contributed by atoms with Gasteiger partial charge >= 0.3 is 12.1 Å². The van der Waals surface area contributed by atoms with Crippen LogP contribution < -0.4 is 25.6 Å². The number of carbonyl (C=O) groups is 5. The molecule has 0 saturated carbocycles. The van der Waals surface area contributed by atoms with Crippen LogP contribution in [-0.2, 0) is 14.3 Å². The summed E-state index contributed by atoms with van der Waals surface area (Å²) in [5, 5.41) is 10.7. The number of terminal acetylenes is 1. The number of pyridine rings is 1. The summed E-state index contributed by atoms with van der Waals surface area (Å²) in [6.45, 7) is 10.3. The van der Waals surface area contributed by atoms with Crippen molar-refractivity contribution in [2.24, 2.45) is 0 Å². The predicted octanol–water partition coefficient (Wildman–Crippen LogP) is 5.24. The molecule has 12 rings (SSSR count). The number of hydrogen-bond donors (Lipinski definition) is 3. The van der Waals surface area contributed by atoms with Crippen molar-refractivity contribution in [2.75, 3.05) is 82.3 Å². The highest BCUT2D eigenvalue weighted by Gasteiger charge is 2.52. The summed E-state index contributed by atoms with van der Waals surface area (Å²) in [4.78, 5) is 88.3. The van der Waals surface area contributed by atoms with Crippen LogP contribution in [0.2, 0.25) is 0 Å². The average molecular weight is 1030 g/mol. The highest BCUT2D eigenvalue weighted by atomic mass is 19.1. The predicted molar refractivity (Wildman–Crippen MR) is 278 cm³/mol. The lowest BCUT2D eigenvalue weighted by molar-refractivity contribution is -0.136. The minimum atomic E-state index is -1.03. The number of imide groups is 2. The molecule has 20 heteroatoms. The van der Waals surface area contributed by atoms with E-state index in [4.69, 9.17) is 25.9 Å². The van der Waals surface area contributed by atoms with Gasteiger partial charge in [-0.05, 0) is 75.1 Å². The molecule has 5 atom stereocenters. The number of rotatable bonds is 13. The lowest BCUT2D eigenvalue weighted by Gasteiger charge is -2.36. The molecule has 3 N–H and O–H groups in total. The molecule has 2 bridgehead atoms. The fraction of sp³-hybridized carbons (Fsp3) is 0.429. The number of anilines is 2. The number of nitrogens with one attached hydrogen (secondary N) is 3. The van der Waals surface area contributed by atoms with Crippen molar-refractivity contribution in [3.05, 3.63) is 95.2 Å². The van der Waals surface area contributed by atoms with Gasteiger partial charge in [-0.2, -0.15) is 9.97 Å². The number of nitrogens with zero attached hydrogens (tertiary/aromatic N) is 8. The molecular weight excluding hydrogens is 977 g/mol. The number of carbonyl (C=O) groups excluding carboxylic acids is 5. The van der Waals surface area contributed by atoms with Crippen LogP contribution in [0.4, 0.5) is 25.1 Å². The lowest BCUT2D eigenvalue weighted by atomic mass is 9.94. The van der Waals surface area contributed by atoms with E-state index in [0.717, 1.165) is 49.1 Å². The second-order valence-electron chi connectivity index (χ2n) is 21.1. The van der Waals surface area contributed by atoms with E-state index in [1.165, 1.54) is 6.07 Å². The van der Waals surface area contributed by atoms with Gasteiger partial charge in [0.2, 0.25) is 11.8 Å². The summed E-state index contributed by atoms with van der Waals surface area (Å²) in [5.74, 6) is -0.461. The Kier molecular flexibility index (Phi) is 12.9. The topological polar surface area (TPSA) is 195 Å². The number of aromatic nitrogens is 3. The molecule has 6 fully saturated rings. The van der Waals surface area contributed by atoms with E-state index in [2.05, 4.69) is 48.1 Å². The highest BCUT2D eigenvalue weighted by Crippen LogP contribution is 2.45. The maximum absolute atomic E-state index is 17.2. The van der Waals surface area contributed by atoms with E-state index in [0.29, 0.717) is 92.0 Å². The second kappa shape index (κ2) is 19.8.